The van der Waals surface area contributed by atoms with Gasteiger partial charge in [-0.1, -0.05) is 17.7 Å². The molecule has 1 aliphatic heterocycles. The van der Waals surface area contributed by atoms with Crippen molar-refractivity contribution in [1.82, 2.24) is 10.2 Å². The van der Waals surface area contributed by atoms with Gasteiger partial charge in [0.05, 0.1) is 5.02 Å². The van der Waals surface area contributed by atoms with Crippen LogP contribution in [0.4, 0.5) is 4.39 Å². The molecule has 0 bridgehead atoms. The molecule has 0 aromatic heterocycles. The lowest BCUT2D eigenvalue weighted by atomic mass is 10.2. The largest absolute Gasteiger partial charge is 0.313 e. The Morgan fingerprint density at radius 2 is 2.06 bits per heavy atom. The molecule has 1 heterocycles. The summed E-state index contributed by atoms with van der Waals surface area (Å²) in [4.78, 5) is 2.51. The van der Waals surface area contributed by atoms with Crippen molar-refractivity contribution in [2.45, 2.75) is 25.8 Å². The highest BCUT2D eigenvalue weighted by molar-refractivity contribution is 6.30. The summed E-state index contributed by atoms with van der Waals surface area (Å²) in [7, 11) is 0. The number of hydrogen-bond acceptors (Lipinski definition) is 2. The zero-order valence-corrected chi connectivity index (χ0v) is 11.3. The van der Waals surface area contributed by atoms with E-state index in [0.29, 0.717) is 0 Å². The van der Waals surface area contributed by atoms with Crippen LogP contribution < -0.4 is 5.32 Å². The fraction of sp³-hybridized carbons (Fsp3) is 0.571. The molecule has 2 nitrogen and oxygen atoms in total. The molecule has 1 fully saturated rings. The van der Waals surface area contributed by atoms with Crippen molar-refractivity contribution in [2.75, 3.05) is 26.2 Å². The summed E-state index contributed by atoms with van der Waals surface area (Å²) < 4.78 is 13.0. The average Bonchev–Trinajstić information content (AvgIpc) is 2.86. The number of halogens is 2. The minimum atomic E-state index is -0.352. The first kappa shape index (κ1) is 13.8. The number of hydrogen-bond donors (Lipinski definition) is 1. The number of rotatable bonds is 6. The average molecular weight is 271 g/mol. The molecule has 1 aliphatic rings. The van der Waals surface area contributed by atoms with E-state index in [2.05, 4.69) is 10.2 Å². The fourth-order valence-corrected chi connectivity index (χ4v) is 2.52. The Kier molecular flexibility index (Phi) is 5.42. The summed E-state index contributed by atoms with van der Waals surface area (Å²) >= 11 is 5.73. The number of nitrogens with one attached hydrogen (secondary N) is 1. The molecule has 1 saturated heterocycles. The van der Waals surface area contributed by atoms with Crippen LogP contribution >= 0.6 is 11.6 Å². The monoisotopic (exact) mass is 270 g/mol. The Hall–Kier alpha value is -0.640. The second-order valence-electron chi connectivity index (χ2n) is 4.83. The lowest BCUT2D eigenvalue weighted by molar-refractivity contribution is 0.331. The van der Waals surface area contributed by atoms with Gasteiger partial charge in [-0.05, 0) is 63.1 Å². The van der Waals surface area contributed by atoms with Gasteiger partial charge in [-0.25, -0.2) is 4.39 Å². The molecule has 0 atom stereocenters. The maximum atomic E-state index is 13.0. The topological polar surface area (TPSA) is 15.3 Å². The third-order valence-electron chi connectivity index (χ3n) is 3.34. The van der Waals surface area contributed by atoms with E-state index in [1.165, 1.54) is 38.5 Å². The molecular weight excluding hydrogens is 251 g/mol. The molecule has 2 rings (SSSR count). The molecule has 1 N–H and O–H groups in total. The highest BCUT2D eigenvalue weighted by atomic mass is 35.5. The molecule has 0 saturated carbocycles. The predicted octanol–water partition coefficient (Wildman–Crippen LogP) is 3.05. The maximum Gasteiger partial charge on any atom is 0.141 e. The third kappa shape index (κ3) is 4.23. The van der Waals surface area contributed by atoms with Crippen molar-refractivity contribution in [3.63, 3.8) is 0 Å². The Balaban J connectivity index is 1.61. The molecule has 100 valence electrons. The Morgan fingerprint density at radius 1 is 1.28 bits per heavy atom. The van der Waals surface area contributed by atoms with Crippen LogP contribution in [0.2, 0.25) is 5.02 Å². The van der Waals surface area contributed by atoms with Crippen molar-refractivity contribution in [2.24, 2.45) is 0 Å². The van der Waals surface area contributed by atoms with Gasteiger partial charge in [-0.2, -0.15) is 0 Å². The Labute approximate surface area is 113 Å². The van der Waals surface area contributed by atoms with E-state index in [0.717, 1.165) is 25.1 Å². The van der Waals surface area contributed by atoms with Crippen LogP contribution in [0, 0.1) is 5.82 Å². The van der Waals surface area contributed by atoms with Crippen LogP contribution in [-0.2, 0) is 6.54 Å². The van der Waals surface area contributed by atoms with Crippen LogP contribution in [0.5, 0.6) is 0 Å². The van der Waals surface area contributed by atoms with E-state index >= 15 is 0 Å². The standard InChI is InChI=1S/C14H20ClFN2/c15-13-10-12(4-5-14(13)16)11-17-6-3-9-18-7-1-2-8-18/h4-5,10,17H,1-3,6-9,11H2. The van der Waals surface area contributed by atoms with Crippen molar-refractivity contribution in [3.8, 4) is 0 Å². The molecule has 0 amide bonds. The first-order valence-electron chi connectivity index (χ1n) is 6.63. The third-order valence-corrected chi connectivity index (χ3v) is 3.63. The summed E-state index contributed by atoms with van der Waals surface area (Å²) in [6.45, 7) is 5.43. The van der Waals surface area contributed by atoms with Gasteiger partial charge in [-0.15, -0.1) is 0 Å². The van der Waals surface area contributed by atoms with E-state index in [4.69, 9.17) is 11.6 Å². The van der Waals surface area contributed by atoms with Crippen LogP contribution in [0.1, 0.15) is 24.8 Å². The maximum absolute atomic E-state index is 13.0. The highest BCUT2D eigenvalue weighted by Crippen LogP contribution is 2.15. The van der Waals surface area contributed by atoms with Gasteiger partial charge in [-0.3, -0.25) is 0 Å². The molecule has 1 aromatic carbocycles. The van der Waals surface area contributed by atoms with Crippen LogP contribution in [0.15, 0.2) is 18.2 Å². The van der Waals surface area contributed by atoms with Gasteiger partial charge < -0.3 is 10.2 Å². The second kappa shape index (κ2) is 7.07. The Morgan fingerprint density at radius 3 is 2.78 bits per heavy atom. The van der Waals surface area contributed by atoms with Crippen molar-refractivity contribution < 1.29 is 4.39 Å². The van der Waals surface area contributed by atoms with E-state index in [1.54, 1.807) is 12.1 Å². The van der Waals surface area contributed by atoms with Gasteiger partial charge >= 0.3 is 0 Å². The fourth-order valence-electron chi connectivity index (χ4n) is 2.32. The molecule has 0 aliphatic carbocycles. The van der Waals surface area contributed by atoms with Crippen molar-refractivity contribution in [3.05, 3.63) is 34.6 Å². The van der Waals surface area contributed by atoms with Crippen LogP contribution in [-0.4, -0.2) is 31.1 Å². The lowest BCUT2D eigenvalue weighted by Gasteiger charge is -2.14. The van der Waals surface area contributed by atoms with E-state index < -0.39 is 0 Å². The minimum Gasteiger partial charge on any atom is -0.313 e. The van der Waals surface area contributed by atoms with Gasteiger partial charge in [0.2, 0.25) is 0 Å². The van der Waals surface area contributed by atoms with Crippen molar-refractivity contribution in [1.29, 1.82) is 0 Å². The second-order valence-corrected chi connectivity index (χ2v) is 5.23. The van der Waals surface area contributed by atoms with Gasteiger partial charge in [0, 0.05) is 6.54 Å². The normalized spacial score (nSPS) is 16.3. The molecule has 0 spiro atoms. The zero-order chi connectivity index (χ0) is 12.8. The number of likely N-dealkylation sites (tertiary alicyclic amines) is 1. The Bertz CT molecular complexity index is 378. The van der Waals surface area contributed by atoms with E-state index in [1.807, 2.05) is 0 Å². The lowest BCUT2D eigenvalue weighted by Crippen LogP contribution is -2.24. The molecule has 1 aromatic rings. The minimum absolute atomic E-state index is 0.200. The summed E-state index contributed by atoms with van der Waals surface area (Å²) in [5, 5.41) is 3.56. The summed E-state index contributed by atoms with van der Waals surface area (Å²) in [6.07, 6.45) is 3.86. The first-order chi connectivity index (χ1) is 8.75. The smallest absolute Gasteiger partial charge is 0.141 e. The van der Waals surface area contributed by atoms with Crippen molar-refractivity contribution >= 4 is 11.6 Å². The van der Waals surface area contributed by atoms with E-state index in [9.17, 15) is 4.39 Å². The molecule has 18 heavy (non-hydrogen) atoms. The first-order valence-corrected chi connectivity index (χ1v) is 7.00. The zero-order valence-electron chi connectivity index (χ0n) is 10.6. The molecule has 0 unspecified atom stereocenters. The number of nitrogens with zero attached hydrogens (tertiary/aromatic N) is 1. The molecule has 0 radical (unpaired) electrons. The summed E-state index contributed by atoms with van der Waals surface area (Å²) in [5.74, 6) is -0.352. The number of benzene rings is 1. The predicted molar refractivity (Wildman–Crippen MR) is 73.4 cm³/mol. The SMILES string of the molecule is Fc1ccc(CNCCCN2CCCC2)cc1Cl. The van der Waals surface area contributed by atoms with Crippen LogP contribution in [0.3, 0.4) is 0 Å². The van der Waals surface area contributed by atoms with Gasteiger partial charge in [0.15, 0.2) is 0 Å². The summed E-state index contributed by atoms with van der Waals surface area (Å²) in [5.41, 5.74) is 1.03. The van der Waals surface area contributed by atoms with Crippen LogP contribution in [0.25, 0.3) is 0 Å². The molecular formula is C14H20ClFN2. The highest BCUT2D eigenvalue weighted by Gasteiger charge is 2.09. The van der Waals surface area contributed by atoms with Gasteiger partial charge in [0.1, 0.15) is 5.82 Å². The molecule has 4 heteroatoms. The van der Waals surface area contributed by atoms with Gasteiger partial charge in [0.25, 0.3) is 0 Å². The summed E-state index contributed by atoms with van der Waals surface area (Å²) in [6, 6.07) is 4.88. The van der Waals surface area contributed by atoms with E-state index in [-0.39, 0.29) is 10.8 Å². The quantitative estimate of drug-likeness (QED) is 0.800.